The summed E-state index contributed by atoms with van der Waals surface area (Å²) in [6.45, 7) is 7.58. The maximum Gasteiger partial charge on any atom is 0.408 e. The van der Waals surface area contributed by atoms with Gasteiger partial charge in [-0.05, 0) is 27.7 Å². The fourth-order valence-corrected chi connectivity index (χ4v) is 1.03. The SMILES string of the molecule is COC(=O)CCNC(C)NC(=O)OC(C)(C)C. The number of alkyl carbamates (subject to hydrolysis) is 1. The first kappa shape index (κ1) is 15.7. The molecule has 0 aliphatic rings. The molecule has 0 aliphatic carbocycles. The lowest BCUT2D eigenvalue weighted by Crippen LogP contribution is -2.45. The normalized spacial score (nSPS) is 12.8. The summed E-state index contributed by atoms with van der Waals surface area (Å²) in [5.74, 6) is -0.290. The van der Waals surface area contributed by atoms with Gasteiger partial charge in [-0.15, -0.1) is 0 Å². The molecule has 0 aromatic carbocycles. The highest BCUT2D eigenvalue weighted by atomic mass is 16.6. The van der Waals surface area contributed by atoms with Gasteiger partial charge >= 0.3 is 12.1 Å². The van der Waals surface area contributed by atoms with Gasteiger partial charge in [0, 0.05) is 6.54 Å². The molecule has 0 bridgehead atoms. The molecule has 17 heavy (non-hydrogen) atoms. The molecule has 0 rings (SSSR count). The van der Waals surface area contributed by atoms with Crippen LogP contribution in [0.25, 0.3) is 0 Å². The van der Waals surface area contributed by atoms with Gasteiger partial charge in [-0.2, -0.15) is 0 Å². The van der Waals surface area contributed by atoms with Gasteiger partial charge in [0.15, 0.2) is 0 Å². The largest absolute Gasteiger partial charge is 0.469 e. The van der Waals surface area contributed by atoms with Crippen LogP contribution < -0.4 is 10.6 Å². The van der Waals surface area contributed by atoms with Crippen LogP contribution in [0.5, 0.6) is 0 Å². The maximum atomic E-state index is 11.4. The summed E-state index contributed by atoms with van der Waals surface area (Å²) < 4.78 is 9.56. The first-order valence-corrected chi connectivity index (χ1v) is 5.54. The Morgan fingerprint density at radius 3 is 2.35 bits per heavy atom. The highest BCUT2D eigenvalue weighted by Crippen LogP contribution is 2.06. The van der Waals surface area contributed by atoms with E-state index in [-0.39, 0.29) is 18.6 Å². The summed E-state index contributed by atoms with van der Waals surface area (Å²) >= 11 is 0. The first-order chi connectivity index (χ1) is 7.74. The van der Waals surface area contributed by atoms with E-state index in [4.69, 9.17) is 4.74 Å². The van der Waals surface area contributed by atoms with Crippen molar-refractivity contribution in [2.24, 2.45) is 0 Å². The third-order valence-electron chi connectivity index (χ3n) is 1.74. The summed E-state index contributed by atoms with van der Waals surface area (Å²) in [6.07, 6.45) is -0.498. The molecular formula is C11H22N2O4. The highest BCUT2D eigenvalue weighted by molar-refractivity contribution is 5.69. The van der Waals surface area contributed by atoms with E-state index < -0.39 is 11.7 Å². The molecule has 1 unspecified atom stereocenters. The van der Waals surface area contributed by atoms with Crippen LogP contribution in [-0.4, -0.2) is 37.5 Å². The predicted octanol–water partition coefficient (Wildman–Crippen LogP) is 1.01. The number of ether oxygens (including phenoxy) is 2. The van der Waals surface area contributed by atoms with Gasteiger partial charge in [-0.25, -0.2) is 4.79 Å². The van der Waals surface area contributed by atoms with Crippen LogP contribution >= 0.6 is 0 Å². The number of hydrogen-bond donors (Lipinski definition) is 2. The van der Waals surface area contributed by atoms with E-state index in [9.17, 15) is 9.59 Å². The van der Waals surface area contributed by atoms with Crippen molar-refractivity contribution >= 4 is 12.1 Å². The van der Waals surface area contributed by atoms with Gasteiger partial charge in [0.25, 0.3) is 0 Å². The quantitative estimate of drug-likeness (QED) is 0.559. The molecule has 6 heteroatoms. The molecule has 0 aliphatic heterocycles. The molecule has 0 radical (unpaired) electrons. The van der Waals surface area contributed by atoms with Crippen molar-refractivity contribution in [2.75, 3.05) is 13.7 Å². The molecule has 0 aromatic heterocycles. The summed E-state index contributed by atoms with van der Waals surface area (Å²) in [6, 6.07) is 0. The smallest absolute Gasteiger partial charge is 0.408 e. The lowest BCUT2D eigenvalue weighted by Gasteiger charge is -2.22. The molecule has 2 N–H and O–H groups in total. The lowest BCUT2D eigenvalue weighted by molar-refractivity contribution is -0.140. The number of methoxy groups -OCH3 is 1. The molecule has 6 nitrogen and oxygen atoms in total. The molecule has 100 valence electrons. The molecule has 0 heterocycles. The van der Waals surface area contributed by atoms with Gasteiger partial charge in [0.05, 0.1) is 19.7 Å². The summed E-state index contributed by atoms with van der Waals surface area (Å²) in [7, 11) is 1.34. The number of nitrogens with one attached hydrogen (secondary N) is 2. The van der Waals surface area contributed by atoms with Crippen molar-refractivity contribution in [2.45, 2.75) is 45.9 Å². The Bertz CT molecular complexity index is 261. The van der Waals surface area contributed by atoms with Crippen molar-refractivity contribution in [1.82, 2.24) is 10.6 Å². The Morgan fingerprint density at radius 2 is 1.88 bits per heavy atom. The van der Waals surface area contributed by atoms with Crippen LogP contribution in [0, 0.1) is 0 Å². The predicted molar refractivity (Wildman–Crippen MR) is 63.5 cm³/mol. The topological polar surface area (TPSA) is 76.7 Å². The van der Waals surface area contributed by atoms with Crippen LogP contribution in [-0.2, 0) is 14.3 Å². The third kappa shape index (κ3) is 9.62. The van der Waals surface area contributed by atoms with E-state index in [1.54, 1.807) is 27.7 Å². The molecule has 0 saturated heterocycles. The summed E-state index contributed by atoms with van der Waals surface area (Å²) in [5.41, 5.74) is -0.518. The van der Waals surface area contributed by atoms with E-state index >= 15 is 0 Å². The number of hydrogen-bond acceptors (Lipinski definition) is 5. The average molecular weight is 246 g/mol. The summed E-state index contributed by atoms with van der Waals surface area (Å²) in [5, 5.41) is 5.56. The molecular weight excluding hydrogens is 224 g/mol. The van der Waals surface area contributed by atoms with Crippen LogP contribution in [0.3, 0.4) is 0 Å². The Labute approximate surface area is 102 Å². The monoisotopic (exact) mass is 246 g/mol. The minimum atomic E-state index is -0.518. The molecule has 0 aromatic rings. The zero-order valence-electron chi connectivity index (χ0n) is 11.1. The van der Waals surface area contributed by atoms with Gasteiger partial charge in [-0.1, -0.05) is 0 Å². The second kappa shape index (κ2) is 7.11. The zero-order chi connectivity index (χ0) is 13.5. The fraction of sp³-hybridized carbons (Fsp3) is 0.818. The highest BCUT2D eigenvalue weighted by Gasteiger charge is 2.17. The minimum absolute atomic E-state index is 0.261. The maximum absolute atomic E-state index is 11.4. The van der Waals surface area contributed by atoms with E-state index in [0.717, 1.165) is 0 Å². The Balaban J connectivity index is 3.75. The lowest BCUT2D eigenvalue weighted by atomic mass is 10.2. The Kier molecular flexibility index (Phi) is 6.57. The van der Waals surface area contributed by atoms with Crippen molar-refractivity contribution < 1.29 is 19.1 Å². The zero-order valence-corrected chi connectivity index (χ0v) is 11.1. The molecule has 1 amide bonds. The summed E-state index contributed by atoms with van der Waals surface area (Å²) in [4.78, 5) is 22.2. The standard InChI is InChI=1S/C11H22N2O4/c1-8(12-7-6-9(14)16-5)13-10(15)17-11(2,3)4/h8,12H,6-7H2,1-5H3,(H,13,15). The van der Waals surface area contributed by atoms with Crippen LogP contribution in [0.1, 0.15) is 34.1 Å². The number of rotatable bonds is 5. The van der Waals surface area contributed by atoms with Crippen LogP contribution in [0.2, 0.25) is 0 Å². The van der Waals surface area contributed by atoms with Gasteiger partial charge in [0.1, 0.15) is 5.60 Å². The minimum Gasteiger partial charge on any atom is -0.469 e. The fourth-order valence-electron chi connectivity index (χ4n) is 1.03. The Morgan fingerprint density at radius 1 is 1.29 bits per heavy atom. The number of amides is 1. The molecule has 0 fully saturated rings. The van der Waals surface area contributed by atoms with Crippen molar-refractivity contribution in [3.8, 4) is 0 Å². The number of carbonyl (C=O) groups excluding carboxylic acids is 2. The average Bonchev–Trinajstić information content (AvgIpc) is 2.13. The van der Waals surface area contributed by atoms with E-state index in [1.807, 2.05) is 0 Å². The van der Waals surface area contributed by atoms with Crippen LogP contribution in [0.15, 0.2) is 0 Å². The molecule has 0 saturated carbocycles. The van der Waals surface area contributed by atoms with Crippen molar-refractivity contribution in [3.63, 3.8) is 0 Å². The first-order valence-electron chi connectivity index (χ1n) is 5.54. The van der Waals surface area contributed by atoms with Crippen LogP contribution in [0.4, 0.5) is 4.79 Å². The second-order valence-corrected chi connectivity index (χ2v) is 4.65. The molecule has 1 atom stereocenters. The number of carbonyl (C=O) groups is 2. The van der Waals surface area contributed by atoms with Gasteiger partial charge in [0.2, 0.25) is 0 Å². The van der Waals surface area contributed by atoms with E-state index in [0.29, 0.717) is 6.54 Å². The van der Waals surface area contributed by atoms with E-state index in [2.05, 4.69) is 15.4 Å². The van der Waals surface area contributed by atoms with Gasteiger partial charge in [-0.3, -0.25) is 10.1 Å². The molecule has 0 spiro atoms. The van der Waals surface area contributed by atoms with Crippen molar-refractivity contribution in [1.29, 1.82) is 0 Å². The number of esters is 1. The van der Waals surface area contributed by atoms with Crippen molar-refractivity contribution in [3.05, 3.63) is 0 Å². The van der Waals surface area contributed by atoms with E-state index in [1.165, 1.54) is 7.11 Å². The third-order valence-corrected chi connectivity index (χ3v) is 1.74. The van der Waals surface area contributed by atoms with Gasteiger partial charge < -0.3 is 14.8 Å². The Hall–Kier alpha value is -1.30. The second-order valence-electron chi connectivity index (χ2n) is 4.65.